The van der Waals surface area contributed by atoms with Gasteiger partial charge in [0.05, 0.1) is 38.0 Å². The molecule has 2 heterocycles. The molecule has 1 N–H and O–H groups in total. The van der Waals surface area contributed by atoms with Crippen molar-refractivity contribution in [3.05, 3.63) is 58.8 Å². The molecule has 2 aromatic rings. The third kappa shape index (κ3) is 6.00. The molecule has 1 aliphatic rings. The van der Waals surface area contributed by atoms with Gasteiger partial charge in [-0.15, -0.1) is 0 Å². The predicted molar refractivity (Wildman–Crippen MR) is 129 cm³/mol. The number of alkyl halides is 3. The summed E-state index contributed by atoms with van der Waals surface area (Å²) in [5.74, 6) is -0.634. The SMILES string of the molecule is CCOC(=O)[C@H]1N[C@@H](c2ccccc2CC)[C@@H](OCc2cc(C(F)(F)F)cnc2OC)[C@@H]1C(C)(C)C. The van der Waals surface area contributed by atoms with Gasteiger partial charge in [-0.2, -0.15) is 13.2 Å². The summed E-state index contributed by atoms with van der Waals surface area (Å²) in [6, 6.07) is 7.88. The van der Waals surface area contributed by atoms with Crippen LogP contribution in [-0.4, -0.2) is 36.8 Å². The Morgan fingerprint density at radius 1 is 1.11 bits per heavy atom. The standard InChI is InChI=1S/C27H35F3N2O4/c1-7-16-11-9-10-12-19(16)21-23(20(26(3,4)5)22(32-21)25(33)35-8-2)36-15-17-13-18(27(28,29)30)14-31-24(17)34-6/h9-14,20-23,32H,7-8,15H2,1-6H3/t20-,21+,22+,23+/m1/s1. The number of methoxy groups -OCH3 is 1. The highest BCUT2D eigenvalue weighted by atomic mass is 19.4. The number of hydrogen-bond acceptors (Lipinski definition) is 6. The average Bonchev–Trinajstić information content (AvgIpc) is 3.22. The van der Waals surface area contributed by atoms with Crippen LogP contribution in [0.5, 0.6) is 5.88 Å². The average molecular weight is 509 g/mol. The van der Waals surface area contributed by atoms with E-state index in [9.17, 15) is 18.0 Å². The van der Waals surface area contributed by atoms with Crippen LogP contribution in [0.3, 0.4) is 0 Å². The zero-order chi connectivity index (χ0) is 26.7. The van der Waals surface area contributed by atoms with Crippen LogP contribution in [0, 0.1) is 11.3 Å². The molecule has 6 nitrogen and oxygen atoms in total. The zero-order valence-corrected chi connectivity index (χ0v) is 21.6. The van der Waals surface area contributed by atoms with Crippen LogP contribution in [0.4, 0.5) is 13.2 Å². The summed E-state index contributed by atoms with van der Waals surface area (Å²) in [5, 5.41) is 3.45. The van der Waals surface area contributed by atoms with Crippen LogP contribution in [0.25, 0.3) is 0 Å². The number of ether oxygens (including phenoxy) is 3. The largest absolute Gasteiger partial charge is 0.481 e. The van der Waals surface area contributed by atoms with E-state index in [1.165, 1.54) is 7.11 Å². The van der Waals surface area contributed by atoms with Gasteiger partial charge in [-0.3, -0.25) is 10.1 Å². The first-order valence-electron chi connectivity index (χ1n) is 12.1. The van der Waals surface area contributed by atoms with Gasteiger partial charge in [0.2, 0.25) is 5.88 Å². The van der Waals surface area contributed by atoms with E-state index >= 15 is 0 Å². The number of nitrogens with one attached hydrogen (secondary N) is 1. The highest BCUT2D eigenvalue weighted by Crippen LogP contribution is 2.45. The minimum atomic E-state index is -4.55. The third-order valence-corrected chi connectivity index (χ3v) is 6.59. The molecule has 198 valence electrons. The first kappa shape index (κ1) is 27.9. The number of aromatic nitrogens is 1. The van der Waals surface area contributed by atoms with Crippen molar-refractivity contribution >= 4 is 5.97 Å². The Morgan fingerprint density at radius 2 is 1.81 bits per heavy atom. The number of pyridine rings is 1. The molecule has 1 saturated heterocycles. The van der Waals surface area contributed by atoms with E-state index in [0.29, 0.717) is 0 Å². The molecule has 36 heavy (non-hydrogen) atoms. The molecular formula is C27H35F3N2O4. The fourth-order valence-corrected chi connectivity index (χ4v) is 4.98. The van der Waals surface area contributed by atoms with Gasteiger partial charge in [-0.1, -0.05) is 52.0 Å². The van der Waals surface area contributed by atoms with Gasteiger partial charge >= 0.3 is 12.1 Å². The Bertz CT molecular complexity index is 1050. The Balaban J connectivity index is 2.05. The number of carbonyl (C=O) groups excluding carboxylic acids is 1. The molecule has 9 heteroatoms. The lowest BCUT2D eigenvalue weighted by molar-refractivity contribution is -0.148. The van der Waals surface area contributed by atoms with Gasteiger partial charge in [0.1, 0.15) is 6.04 Å². The van der Waals surface area contributed by atoms with Gasteiger partial charge in [-0.25, -0.2) is 4.98 Å². The summed E-state index contributed by atoms with van der Waals surface area (Å²) >= 11 is 0. The molecule has 0 saturated carbocycles. The van der Waals surface area contributed by atoms with Gasteiger partial charge in [0.25, 0.3) is 0 Å². The second-order valence-corrected chi connectivity index (χ2v) is 9.98. The van der Waals surface area contributed by atoms with Crippen LogP contribution in [0.2, 0.25) is 0 Å². The fourth-order valence-electron chi connectivity index (χ4n) is 4.98. The number of esters is 1. The van der Waals surface area contributed by atoms with Crippen LogP contribution < -0.4 is 10.1 Å². The fraction of sp³-hybridized carbons (Fsp3) is 0.556. The smallest absolute Gasteiger partial charge is 0.417 e. The van der Waals surface area contributed by atoms with Crippen molar-refractivity contribution in [1.82, 2.24) is 10.3 Å². The van der Waals surface area contributed by atoms with Crippen LogP contribution in [0.1, 0.15) is 62.9 Å². The highest BCUT2D eigenvalue weighted by molar-refractivity contribution is 5.77. The van der Waals surface area contributed by atoms with E-state index in [1.54, 1.807) is 6.92 Å². The molecule has 1 aromatic heterocycles. The molecular weight excluding hydrogens is 473 g/mol. The van der Waals surface area contributed by atoms with Gasteiger partial charge in [0, 0.05) is 17.7 Å². The summed E-state index contributed by atoms with van der Waals surface area (Å²) in [4.78, 5) is 16.9. The van der Waals surface area contributed by atoms with Gasteiger partial charge in [-0.05, 0) is 36.0 Å². The maximum atomic E-state index is 13.4. The van der Waals surface area contributed by atoms with E-state index in [2.05, 4.69) is 10.3 Å². The molecule has 0 radical (unpaired) electrons. The summed E-state index contributed by atoms with van der Waals surface area (Å²) in [6.07, 6.45) is -3.56. The molecule has 0 spiro atoms. The minimum Gasteiger partial charge on any atom is -0.481 e. The lowest BCUT2D eigenvalue weighted by Gasteiger charge is -2.35. The maximum absolute atomic E-state index is 13.4. The van der Waals surface area contributed by atoms with E-state index in [0.717, 1.165) is 29.8 Å². The van der Waals surface area contributed by atoms with E-state index in [4.69, 9.17) is 14.2 Å². The second kappa shape index (κ2) is 11.2. The quantitative estimate of drug-likeness (QED) is 0.475. The summed E-state index contributed by atoms with van der Waals surface area (Å²) in [7, 11) is 1.35. The topological polar surface area (TPSA) is 69.7 Å². The number of rotatable bonds is 8. The van der Waals surface area contributed by atoms with Crippen molar-refractivity contribution in [2.24, 2.45) is 11.3 Å². The van der Waals surface area contributed by atoms with E-state index < -0.39 is 23.9 Å². The maximum Gasteiger partial charge on any atom is 0.417 e. The van der Waals surface area contributed by atoms with E-state index in [-0.39, 0.29) is 48.0 Å². The third-order valence-electron chi connectivity index (χ3n) is 6.59. The van der Waals surface area contributed by atoms with Gasteiger partial charge < -0.3 is 14.2 Å². The number of carbonyl (C=O) groups is 1. The number of hydrogen-bond donors (Lipinski definition) is 1. The van der Waals surface area contributed by atoms with Crippen molar-refractivity contribution in [3.8, 4) is 5.88 Å². The van der Waals surface area contributed by atoms with Crippen molar-refractivity contribution in [3.63, 3.8) is 0 Å². The molecule has 0 aliphatic carbocycles. The Morgan fingerprint density at radius 3 is 2.39 bits per heavy atom. The molecule has 0 amide bonds. The summed E-state index contributed by atoms with van der Waals surface area (Å²) in [5.41, 5.74) is 0.999. The number of halogens is 3. The molecule has 0 bridgehead atoms. The Kier molecular flexibility index (Phi) is 8.67. The molecule has 1 aliphatic heterocycles. The molecule has 1 aromatic carbocycles. The number of benzene rings is 1. The van der Waals surface area contributed by atoms with Crippen molar-refractivity contribution < 1.29 is 32.2 Å². The van der Waals surface area contributed by atoms with Crippen molar-refractivity contribution in [2.75, 3.05) is 13.7 Å². The van der Waals surface area contributed by atoms with Crippen molar-refractivity contribution in [1.29, 1.82) is 0 Å². The first-order chi connectivity index (χ1) is 16.9. The van der Waals surface area contributed by atoms with Crippen LogP contribution >= 0.6 is 0 Å². The number of aryl methyl sites for hydroxylation is 1. The lowest BCUT2D eigenvalue weighted by atomic mass is 9.73. The molecule has 0 unspecified atom stereocenters. The Labute approximate surface area is 210 Å². The van der Waals surface area contributed by atoms with Crippen molar-refractivity contribution in [2.45, 2.75) is 72.0 Å². The molecule has 1 fully saturated rings. The minimum absolute atomic E-state index is 0.0636. The second-order valence-electron chi connectivity index (χ2n) is 9.98. The summed E-state index contributed by atoms with van der Waals surface area (Å²) in [6.45, 7) is 9.92. The monoisotopic (exact) mass is 508 g/mol. The zero-order valence-electron chi connectivity index (χ0n) is 21.6. The van der Waals surface area contributed by atoms with Gasteiger partial charge in [0.15, 0.2) is 0 Å². The predicted octanol–water partition coefficient (Wildman–Crippen LogP) is 5.50. The first-order valence-corrected chi connectivity index (χ1v) is 12.1. The molecule has 3 rings (SSSR count). The highest BCUT2D eigenvalue weighted by Gasteiger charge is 2.53. The van der Waals surface area contributed by atoms with E-state index in [1.807, 2.05) is 52.0 Å². The normalized spacial score (nSPS) is 22.5. The van der Waals surface area contributed by atoms with Crippen LogP contribution in [-0.2, 0) is 33.5 Å². The summed E-state index contributed by atoms with van der Waals surface area (Å²) < 4.78 is 57.1. The Hall–Kier alpha value is -2.65. The van der Waals surface area contributed by atoms with Crippen LogP contribution in [0.15, 0.2) is 36.5 Å². The lowest BCUT2D eigenvalue weighted by Crippen LogP contribution is -2.44. The molecule has 4 atom stereocenters. The number of nitrogens with zero attached hydrogens (tertiary/aromatic N) is 1.